The van der Waals surface area contributed by atoms with Gasteiger partial charge in [-0.2, -0.15) is 0 Å². The monoisotopic (exact) mass is 357 g/mol. The summed E-state index contributed by atoms with van der Waals surface area (Å²) in [6.45, 7) is -0.112. The Hall–Kier alpha value is -3.87. The van der Waals surface area contributed by atoms with Crippen LogP contribution in [0.15, 0.2) is 73.6 Å². The fourth-order valence-electron chi connectivity index (χ4n) is 2.55. The van der Waals surface area contributed by atoms with Crippen molar-refractivity contribution in [1.29, 1.82) is 0 Å². The second-order valence-electron chi connectivity index (χ2n) is 5.74. The third-order valence-electron chi connectivity index (χ3n) is 3.87. The SMILES string of the molecule is O=C(COc1ccc2ccncc2c1)Nc1ccc(-c2cnccn2)cn1. The van der Waals surface area contributed by atoms with E-state index in [9.17, 15) is 4.79 Å². The Morgan fingerprint density at radius 3 is 2.63 bits per heavy atom. The van der Waals surface area contributed by atoms with E-state index in [1.54, 1.807) is 43.2 Å². The van der Waals surface area contributed by atoms with Gasteiger partial charge < -0.3 is 10.1 Å². The second kappa shape index (κ2) is 7.57. The molecule has 1 amide bonds. The van der Waals surface area contributed by atoms with Crippen LogP contribution in [-0.4, -0.2) is 32.4 Å². The van der Waals surface area contributed by atoms with Gasteiger partial charge in [-0.05, 0) is 35.7 Å². The van der Waals surface area contributed by atoms with Gasteiger partial charge in [-0.15, -0.1) is 0 Å². The second-order valence-corrected chi connectivity index (χ2v) is 5.74. The van der Waals surface area contributed by atoms with Gasteiger partial charge in [0.1, 0.15) is 11.6 Å². The highest BCUT2D eigenvalue weighted by molar-refractivity contribution is 5.91. The molecule has 0 atom stereocenters. The van der Waals surface area contributed by atoms with Crippen LogP contribution in [0.4, 0.5) is 5.82 Å². The van der Waals surface area contributed by atoms with E-state index in [1.807, 2.05) is 30.3 Å². The summed E-state index contributed by atoms with van der Waals surface area (Å²) < 4.78 is 5.56. The van der Waals surface area contributed by atoms with Crippen LogP contribution in [-0.2, 0) is 4.79 Å². The molecule has 7 heteroatoms. The van der Waals surface area contributed by atoms with Gasteiger partial charge in [-0.1, -0.05) is 6.07 Å². The number of amides is 1. The van der Waals surface area contributed by atoms with Crippen molar-refractivity contribution in [3.63, 3.8) is 0 Å². The van der Waals surface area contributed by atoms with Crippen molar-refractivity contribution in [3.8, 4) is 17.0 Å². The molecular formula is C20H15N5O2. The minimum Gasteiger partial charge on any atom is -0.484 e. The number of hydrogen-bond acceptors (Lipinski definition) is 6. The Balaban J connectivity index is 1.36. The molecule has 1 aromatic carbocycles. The summed E-state index contributed by atoms with van der Waals surface area (Å²) >= 11 is 0. The van der Waals surface area contributed by atoms with Gasteiger partial charge in [-0.3, -0.25) is 19.7 Å². The molecule has 27 heavy (non-hydrogen) atoms. The van der Waals surface area contributed by atoms with Crippen molar-refractivity contribution in [2.24, 2.45) is 0 Å². The first-order valence-electron chi connectivity index (χ1n) is 8.27. The predicted molar refractivity (Wildman–Crippen MR) is 101 cm³/mol. The molecule has 0 bridgehead atoms. The standard InChI is InChI=1S/C20H15N5O2/c26-20(13-27-17-3-1-14-5-6-21-10-16(14)9-17)25-19-4-2-15(11-24-19)18-12-22-7-8-23-18/h1-12H,13H2,(H,24,25,26). The lowest BCUT2D eigenvalue weighted by Gasteiger charge is -2.08. The van der Waals surface area contributed by atoms with E-state index in [2.05, 4.69) is 25.3 Å². The highest BCUT2D eigenvalue weighted by Gasteiger charge is 2.06. The summed E-state index contributed by atoms with van der Waals surface area (Å²) in [7, 11) is 0. The van der Waals surface area contributed by atoms with Gasteiger partial charge in [-0.25, -0.2) is 4.98 Å². The maximum absolute atomic E-state index is 12.1. The Kier molecular flexibility index (Phi) is 4.65. The summed E-state index contributed by atoms with van der Waals surface area (Å²) in [6.07, 6.45) is 10.0. The molecule has 0 saturated heterocycles. The van der Waals surface area contributed by atoms with Gasteiger partial charge in [0.05, 0.1) is 11.9 Å². The minimum atomic E-state index is -0.291. The van der Waals surface area contributed by atoms with Gasteiger partial charge in [0, 0.05) is 41.9 Å². The average Bonchev–Trinajstić information content (AvgIpc) is 2.73. The van der Waals surface area contributed by atoms with Crippen molar-refractivity contribution in [2.45, 2.75) is 0 Å². The zero-order valence-electron chi connectivity index (χ0n) is 14.2. The first-order chi connectivity index (χ1) is 13.3. The number of carbonyl (C=O) groups excluding carboxylic acids is 1. The number of pyridine rings is 2. The van der Waals surface area contributed by atoms with Crippen LogP contribution in [0.1, 0.15) is 0 Å². The van der Waals surface area contributed by atoms with E-state index in [0.717, 1.165) is 22.0 Å². The van der Waals surface area contributed by atoms with Crippen molar-refractivity contribution in [1.82, 2.24) is 19.9 Å². The van der Waals surface area contributed by atoms with Crippen LogP contribution in [0.2, 0.25) is 0 Å². The molecule has 132 valence electrons. The number of benzene rings is 1. The van der Waals surface area contributed by atoms with E-state index < -0.39 is 0 Å². The lowest BCUT2D eigenvalue weighted by molar-refractivity contribution is -0.118. The summed E-state index contributed by atoms with van der Waals surface area (Å²) in [5, 5.41) is 4.72. The van der Waals surface area contributed by atoms with Gasteiger partial charge >= 0.3 is 0 Å². The van der Waals surface area contributed by atoms with Gasteiger partial charge in [0.15, 0.2) is 6.61 Å². The fraction of sp³-hybridized carbons (Fsp3) is 0.0500. The van der Waals surface area contributed by atoms with Crippen LogP contribution in [0.25, 0.3) is 22.0 Å². The topological polar surface area (TPSA) is 89.9 Å². The van der Waals surface area contributed by atoms with Crippen molar-refractivity contribution < 1.29 is 9.53 Å². The number of aromatic nitrogens is 4. The fourth-order valence-corrected chi connectivity index (χ4v) is 2.55. The van der Waals surface area contributed by atoms with Crippen LogP contribution >= 0.6 is 0 Å². The van der Waals surface area contributed by atoms with E-state index in [1.165, 1.54) is 0 Å². The molecule has 4 rings (SSSR count). The number of fused-ring (bicyclic) bond motifs is 1. The molecule has 3 aromatic heterocycles. The third kappa shape index (κ3) is 4.04. The lowest BCUT2D eigenvalue weighted by Crippen LogP contribution is -2.20. The molecule has 0 saturated carbocycles. The number of nitrogens with one attached hydrogen (secondary N) is 1. The van der Waals surface area contributed by atoms with E-state index in [0.29, 0.717) is 11.6 Å². The smallest absolute Gasteiger partial charge is 0.263 e. The summed E-state index contributed by atoms with van der Waals surface area (Å²) in [5.74, 6) is 0.761. The summed E-state index contributed by atoms with van der Waals surface area (Å²) in [5.41, 5.74) is 1.54. The Morgan fingerprint density at radius 1 is 0.889 bits per heavy atom. The number of carbonyl (C=O) groups is 1. The maximum Gasteiger partial charge on any atom is 0.263 e. The van der Waals surface area contributed by atoms with Crippen LogP contribution in [0.3, 0.4) is 0 Å². The molecule has 0 radical (unpaired) electrons. The van der Waals surface area contributed by atoms with Crippen LogP contribution in [0.5, 0.6) is 5.75 Å². The van der Waals surface area contributed by atoms with Crippen molar-refractivity contribution >= 4 is 22.5 Å². The van der Waals surface area contributed by atoms with Crippen molar-refractivity contribution in [2.75, 3.05) is 11.9 Å². The first kappa shape index (κ1) is 16.6. The Bertz CT molecular complexity index is 1070. The molecule has 3 heterocycles. The first-order valence-corrected chi connectivity index (χ1v) is 8.27. The summed E-state index contributed by atoms with van der Waals surface area (Å²) in [4.78, 5) is 28.6. The van der Waals surface area contributed by atoms with Gasteiger partial charge in [0.25, 0.3) is 5.91 Å². The molecule has 0 unspecified atom stereocenters. The molecule has 0 aliphatic rings. The van der Waals surface area contributed by atoms with E-state index >= 15 is 0 Å². The normalized spacial score (nSPS) is 10.5. The minimum absolute atomic E-state index is 0.112. The average molecular weight is 357 g/mol. The molecule has 4 aromatic rings. The number of ether oxygens (including phenoxy) is 1. The number of rotatable bonds is 5. The highest BCUT2D eigenvalue weighted by atomic mass is 16.5. The zero-order chi connectivity index (χ0) is 18.5. The quantitative estimate of drug-likeness (QED) is 0.590. The maximum atomic E-state index is 12.1. The van der Waals surface area contributed by atoms with Crippen LogP contribution in [0, 0.1) is 0 Å². The molecule has 0 aliphatic carbocycles. The molecule has 7 nitrogen and oxygen atoms in total. The highest BCUT2D eigenvalue weighted by Crippen LogP contribution is 2.20. The van der Waals surface area contributed by atoms with Crippen molar-refractivity contribution in [3.05, 3.63) is 73.6 Å². The molecule has 0 spiro atoms. The van der Waals surface area contributed by atoms with Crippen LogP contribution < -0.4 is 10.1 Å². The third-order valence-corrected chi connectivity index (χ3v) is 3.87. The largest absolute Gasteiger partial charge is 0.484 e. The zero-order valence-corrected chi connectivity index (χ0v) is 14.2. The summed E-state index contributed by atoms with van der Waals surface area (Å²) in [6, 6.07) is 11.1. The van der Waals surface area contributed by atoms with Gasteiger partial charge in [0.2, 0.25) is 0 Å². The molecule has 0 fully saturated rings. The predicted octanol–water partition coefficient (Wildman–Crippen LogP) is 3.10. The number of anilines is 1. The lowest BCUT2D eigenvalue weighted by atomic mass is 10.2. The molecule has 1 N–H and O–H groups in total. The molecule has 0 aliphatic heterocycles. The number of nitrogens with zero attached hydrogens (tertiary/aromatic N) is 4. The van der Waals surface area contributed by atoms with E-state index in [4.69, 9.17) is 4.74 Å². The number of hydrogen-bond donors (Lipinski definition) is 1. The molecular weight excluding hydrogens is 342 g/mol. The Morgan fingerprint density at radius 2 is 1.81 bits per heavy atom. The van der Waals surface area contributed by atoms with E-state index in [-0.39, 0.29) is 12.5 Å². The Labute approximate surface area is 155 Å².